The number of thiol groups is 1. The van der Waals surface area contributed by atoms with Crippen LogP contribution in [-0.2, 0) is 18.7 Å². The van der Waals surface area contributed by atoms with E-state index >= 15 is 0 Å². The maximum absolute atomic E-state index is 9.51. The van der Waals surface area contributed by atoms with Crippen molar-refractivity contribution in [1.29, 1.82) is 0 Å². The maximum atomic E-state index is 9.51. The van der Waals surface area contributed by atoms with E-state index < -0.39 is 18.7 Å². The average Bonchev–Trinajstić information content (AvgIpc) is 1.25. The summed E-state index contributed by atoms with van der Waals surface area (Å²) in [5, 5.41) is 0. The van der Waals surface area contributed by atoms with Gasteiger partial charge in [0.05, 0.1) is 0 Å². The summed E-state index contributed by atoms with van der Waals surface area (Å²) in [4.78, 5) is 0. The maximum Gasteiger partial charge on any atom is 0.366 e. The highest BCUT2D eigenvalue weighted by Gasteiger charge is 2.20. The normalized spacial score (nSPS) is 14.1. The molecule has 0 radical (unpaired) electrons. The summed E-state index contributed by atoms with van der Waals surface area (Å²) < 4.78 is 51.2. The number of hydrogen-bond acceptors (Lipinski definition) is 3. The van der Waals surface area contributed by atoms with Crippen molar-refractivity contribution in [3.05, 3.63) is 0 Å². The minimum atomic E-state index is -5.32. The zero-order valence-electron chi connectivity index (χ0n) is 3.42. The second-order valence-electron chi connectivity index (χ2n) is 0.938. The lowest BCUT2D eigenvalue weighted by atomic mass is 15.8. The first-order valence-corrected chi connectivity index (χ1v) is 4.94. The molecule has 0 spiro atoms. The quantitative estimate of drug-likeness (QED) is 0.160. The van der Waals surface area contributed by atoms with Crippen LogP contribution < -0.4 is 0 Å². The van der Waals surface area contributed by atoms with Crippen molar-refractivity contribution in [3.63, 3.8) is 0 Å². The Bertz CT molecular complexity index is 205. The summed E-state index contributed by atoms with van der Waals surface area (Å²) in [7, 11) is -10.5. The van der Waals surface area contributed by atoms with E-state index in [2.05, 4.69) is 0 Å². The molecule has 0 aromatic rings. The minimum Gasteiger partial charge on any atom is -0.297 e. The van der Waals surface area contributed by atoms with E-state index in [1.54, 1.807) is 0 Å². The van der Waals surface area contributed by atoms with Crippen LogP contribution in [0.25, 0.3) is 0 Å². The Morgan fingerprint density at radius 2 is 1.33 bits per heavy atom. The van der Waals surface area contributed by atoms with Crippen LogP contribution in [0.5, 0.6) is 0 Å². The third kappa shape index (κ3) is 3.99. The highest BCUT2D eigenvalue weighted by molar-refractivity contribution is 8.65. The SMILES string of the molecule is O=S(=O)(O)[SH](=O)(O)O.[AlH3]. The summed E-state index contributed by atoms with van der Waals surface area (Å²) >= 11 is 0. The Hall–Kier alpha value is 0.512. The molecular weight excluding hydrogens is 187 g/mol. The van der Waals surface area contributed by atoms with E-state index in [9.17, 15) is 12.6 Å². The highest BCUT2D eigenvalue weighted by Crippen LogP contribution is 1.99. The van der Waals surface area contributed by atoms with Gasteiger partial charge in [-0.05, 0) is 0 Å². The lowest BCUT2D eigenvalue weighted by Crippen LogP contribution is -2.20. The summed E-state index contributed by atoms with van der Waals surface area (Å²) in [6.07, 6.45) is 0. The molecule has 0 bridgehead atoms. The van der Waals surface area contributed by atoms with Gasteiger partial charge in [-0.15, -0.1) is 0 Å². The van der Waals surface area contributed by atoms with Crippen LogP contribution in [0.2, 0.25) is 0 Å². The molecule has 0 aliphatic carbocycles. The van der Waals surface area contributed by atoms with Crippen molar-refractivity contribution in [2.24, 2.45) is 0 Å². The second kappa shape index (κ2) is 3.07. The number of hydrogen-bond donors (Lipinski definition) is 4. The Morgan fingerprint density at radius 3 is 1.33 bits per heavy atom. The van der Waals surface area contributed by atoms with Crippen molar-refractivity contribution in [3.8, 4) is 0 Å². The topological polar surface area (TPSA) is 112 Å². The summed E-state index contributed by atoms with van der Waals surface area (Å²) in [5.74, 6) is 0. The largest absolute Gasteiger partial charge is 0.366 e. The first kappa shape index (κ1) is 12.2. The van der Waals surface area contributed by atoms with E-state index in [4.69, 9.17) is 13.7 Å². The van der Waals surface area contributed by atoms with Crippen LogP contribution in [0.1, 0.15) is 0 Å². The van der Waals surface area contributed by atoms with Gasteiger partial charge >= 0.3 is 9.15 Å². The molecule has 0 aromatic heterocycles. The molecule has 0 aromatic carbocycles. The zero-order chi connectivity index (χ0) is 7.00. The molecule has 0 unspecified atom stereocenters. The standard InChI is InChI=1S/Al.H4O6S2.3H/c;1-7(2,3)8(4,5)6;;;/h;7H,(H2,1,2,3)(H,4,5,6);;;. The zero-order valence-corrected chi connectivity index (χ0v) is 5.13. The molecule has 6 nitrogen and oxygen atoms in total. The van der Waals surface area contributed by atoms with Gasteiger partial charge in [0.15, 0.2) is 26.9 Å². The molecule has 0 heterocycles. The van der Waals surface area contributed by atoms with Crippen LogP contribution in [0.3, 0.4) is 0 Å². The Balaban J connectivity index is 0. The predicted molar refractivity (Wildman–Crippen MR) is 36.3 cm³/mol. The van der Waals surface area contributed by atoms with E-state index in [0.717, 1.165) is 0 Å². The fourth-order valence-corrected chi connectivity index (χ4v) is 0. The van der Waals surface area contributed by atoms with Crippen molar-refractivity contribution >= 4 is 36.0 Å². The van der Waals surface area contributed by atoms with Gasteiger partial charge in [0.2, 0.25) is 0 Å². The molecular formula is H7AlO6S2. The Morgan fingerprint density at radius 1 is 1.22 bits per heavy atom. The van der Waals surface area contributed by atoms with Crippen LogP contribution >= 0.6 is 0 Å². The van der Waals surface area contributed by atoms with Crippen molar-refractivity contribution < 1.29 is 26.3 Å². The van der Waals surface area contributed by atoms with Crippen LogP contribution in [0, 0.1) is 0 Å². The molecule has 0 aliphatic rings. The molecule has 0 rings (SSSR count). The third-order valence-corrected chi connectivity index (χ3v) is 2.70. The molecule has 0 atom stereocenters. The second-order valence-corrected chi connectivity index (χ2v) is 5.63. The van der Waals surface area contributed by atoms with Gasteiger partial charge in [-0.2, -0.15) is 8.42 Å². The van der Waals surface area contributed by atoms with Crippen molar-refractivity contribution in [1.82, 2.24) is 0 Å². The summed E-state index contributed by atoms with van der Waals surface area (Å²) in [6.45, 7) is 0. The monoisotopic (exact) mass is 194 g/mol. The molecule has 9 heteroatoms. The Kier molecular flexibility index (Phi) is 4.16. The molecule has 0 fully saturated rings. The third-order valence-electron chi connectivity index (χ3n) is 0.301. The molecule has 0 saturated carbocycles. The predicted octanol–water partition coefficient (Wildman–Crippen LogP) is -2.43. The first-order valence-electron chi connectivity index (χ1n) is 1.28. The molecule has 0 aliphatic heterocycles. The van der Waals surface area contributed by atoms with E-state index in [0.29, 0.717) is 0 Å². The van der Waals surface area contributed by atoms with Gasteiger partial charge in [-0.3, -0.25) is 13.7 Å². The van der Waals surface area contributed by atoms with Gasteiger partial charge < -0.3 is 0 Å². The van der Waals surface area contributed by atoms with Gasteiger partial charge in [0, 0.05) is 0 Å². The van der Waals surface area contributed by atoms with Crippen molar-refractivity contribution in [2.75, 3.05) is 0 Å². The van der Waals surface area contributed by atoms with E-state index in [1.807, 2.05) is 0 Å². The van der Waals surface area contributed by atoms with Gasteiger partial charge in [-0.25, -0.2) is 4.21 Å². The van der Waals surface area contributed by atoms with Crippen LogP contribution in [0.15, 0.2) is 0 Å². The molecule has 0 amide bonds. The first-order chi connectivity index (χ1) is 3.25. The van der Waals surface area contributed by atoms with Gasteiger partial charge in [-0.1, -0.05) is 0 Å². The van der Waals surface area contributed by atoms with Gasteiger partial charge in [0.25, 0.3) is 0 Å². The minimum absolute atomic E-state index is 0. The molecule has 9 heavy (non-hydrogen) atoms. The van der Waals surface area contributed by atoms with Gasteiger partial charge in [0.1, 0.15) is 0 Å². The number of rotatable bonds is 1. The van der Waals surface area contributed by atoms with E-state index in [1.165, 1.54) is 0 Å². The van der Waals surface area contributed by atoms with Crippen molar-refractivity contribution in [2.45, 2.75) is 0 Å². The van der Waals surface area contributed by atoms with Crippen LogP contribution in [0.4, 0.5) is 0 Å². The molecule has 0 saturated heterocycles. The Labute approximate surface area is 62.6 Å². The average molecular weight is 194 g/mol. The molecule has 58 valence electrons. The lowest BCUT2D eigenvalue weighted by molar-refractivity contribution is 0.420. The highest BCUT2D eigenvalue weighted by atomic mass is 33.2. The fourth-order valence-electron chi connectivity index (χ4n) is 0. The van der Waals surface area contributed by atoms with E-state index in [-0.39, 0.29) is 17.4 Å². The fraction of sp³-hybridized carbons (Fsp3) is 0. The van der Waals surface area contributed by atoms with Crippen LogP contribution in [-0.4, -0.2) is 43.6 Å². The lowest BCUT2D eigenvalue weighted by Gasteiger charge is -2.02. The molecule has 3 N–H and O–H groups in total. The summed E-state index contributed by atoms with van der Waals surface area (Å²) in [5.41, 5.74) is 0. The smallest absolute Gasteiger partial charge is 0.297 e. The summed E-state index contributed by atoms with van der Waals surface area (Å²) in [6, 6.07) is 0.